The molecule has 1 amide bonds. The Morgan fingerprint density at radius 3 is 2.52 bits per heavy atom. The first kappa shape index (κ1) is 15.3. The van der Waals surface area contributed by atoms with Crippen LogP contribution in [0, 0.1) is 0 Å². The van der Waals surface area contributed by atoms with Crippen LogP contribution in [0.4, 0.5) is 0 Å². The van der Waals surface area contributed by atoms with Crippen molar-refractivity contribution >= 4 is 5.91 Å². The van der Waals surface area contributed by atoms with Gasteiger partial charge in [-0.3, -0.25) is 4.79 Å². The molecule has 4 nitrogen and oxygen atoms in total. The first-order chi connectivity index (χ1) is 9.95. The van der Waals surface area contributed by atoms with Crippen LogP contribution in [-0.2, 0) is 23.2 Å². The summed E-state index contributed by atoms with van der Waals surface area (Å²) in [7, 11) is 0. The Bertz CT molecular complexity index is 565. The van der Waals surface area contributed by atoms with Gasteiger partial charge in [0.2, 0.25) is 5.91 Å². The largest absolute Gasteiger partial charge is 0.349 e. The van der Waals surface area contributed by atoms with Crippen LogP contribution in [0.5, 0.6) is 0 Å². The zero-order valence-corrected chi connectivity index (χ0v) is 12.9. The molecule has 1 heterocycles. The number of carbonyl (C=O) groups is 1. The Hall–Kier alpha value is -2.10. The van der Waals surface area contributed by atoms with Gasteiger partial charge < -0.3 is 10.3 Å². The van der Waals surface area contributed by atoms with Gasteiger partial charge in [-0.1, -0.05) is 45.0 Å². The summed E-state index contributed by atoms with van der Waals surface area (Å²) in [6, 6.07) is 8.52. The van der Waals surface area contributed by atoms with Crippen molar-refractivity contribution in [2.75, 3.05) is 0 Å². The number of nitrogens with one attached hydrogen (secondary N) is 2. The summed E-state index contributed by atoms with van der Waals surface area (Å²) in [6.07, 6.45) is 4.68. The number of hydrogen-bond donors (Lipinski definition) is 2. The van der Waals surface area contributed by atoms with Crippen molar-refractivity contribution in [2.24, 2.45) is 0 Å². The highest BCUT2D eigenvalue weighted by atomic mass is 16.1. The van der Waals surface area contributed by atoms with E-state index in [1.54, 1.807) is 12.4 Å². The highest BCUT2D eigenvalue weighted by Crippen LogP contribution is 2.22. The van der Waals surface area contributed by atoms with E-state index in [0.717, 1.165) is 12.2 Å². The van der Waals surface area contributed by atoms with Crippen molar-refractivity contribution in [1.29, 1.82) is 0 Å². The summed E-state index contributed by atoms with van der Waals surface area (Å²) in [4.78, 5) is 18.8. The third-order valence-corrected chi connectivity index (χ3v) is 3.47. The number of aromatic amines is 1. The Labute approximate surface area is 126 Å². The molecule has 1 aromatic carbocycles. The Kier molecular flexibility index (Phi) is 4.78. The summed E-state index contributed by atoms with van der Waals surface area (Å²) in [5, 5.41) is 2.86. The van der Waals surface area contributed by atoms with Gasteiger partial charge in [0.1, 0.15) is 5.82 Å². The SMILES string of the molecule is CC(C)(C)c1ccc(CCC(=O)NCc2ncc[nH]2)cc1. The molecule has 0 saturated carbocycles. The second-order valence-corrected chi connectivity index (χ2v) is 6.26. The molecule has 0 spiro atoms. The number of aryl methyl sites for hydroxylation is 1. The Morgan fingerprint density at radius 2 is 1.95 bits per heavy atom. The standard InChI is InChI=1S/C17H23N3O/c1-17(2,3)14-7-4-13(5-8-14)6-9-16(21)20-12-15-18-10-11-19-15/h4-5,7-8,10-11H,6,9,12H2,1-3H3,(H,18,19)(H,20,21). The monoisotopic (exact) mass is 285 g/mol. The first-order valence-electron chi connectivity index (χ1n) is 7.29. The second kappa shape index (κ2) is 6.57. The molecule has 0 unspecified atom stereocenters. The molecule has 0 aliphatic rings. The average Bonchev–Trinajstić information content (AvgIpc) is 2.95. The van der Waals surface area contributed by atoms with Gasteiger partial charge >= 0.3 is 0 Å². The molecule has 1 aromatic heterocycles. The van der Waals surface area contributed by atoms with Gasteiger partial charge in [0.15, 0.2) is 0 Å². The first-order valence-corrected chi connectivity index (χ1v) is 7.29. The third-order valence-electron chi connectivity index (χ3n) is 3.47. The minimum Gasteiger partial charge on any atom is -0.349 e. The molecule has 112 valence electrons. The summed E-state index contributed by atoms with van der Waals surface area (Å²) in [5.74, 6) is 0.823. The van der Waals surface area contributed by atoms with Gasteiger partial charge in [-0.25, -0.2) is 4.98 Å². The van der Waals surface area contributed by atoms with Crippen LogP contribution in [0.1, 0.15) is 44.1 Å². The van der Waals surface area contributed by atoms with Crippen molar-refractivity contribution < 1.29 is 4.79 Å². The lowest BCUT2D eigenvalue weighted by Gasteiger charge is -2.19. The number of nitrogens with zero attached hydrogens (tertiary/aromatic N) is 1. The molecule has 0 fully saturated rings. The number of benzene rings is 1. The molecule has 0 atom stereocenters. The molecule has 2 aromatic rings. The number of imidazole rings is 1. The smallest absolute Gasteiger partial charge is 0.220 e. The van der Waals surface area contributed by atoms with Crippen LogP contribution in [0.15, 0.2) is 36.7 Å². The van der Waals surface area contributed by atoms with Gasteiger partial charge in [-0.15, -0.1) is 0 Å². The third kappa shape index (κ3) is 4.74. The van der Waals surface area contributed by atoms with Gasteiger partial charge in [-0.05, 0) is 23.0 Å². The molecular formula is C17H23N3O. The normalized spacial score (nSPS) is 11.4. The van der Waals surface area contributed by atoms with E-state index in [1.165, 1.54) is 11.1 Å². The van der Waals surface area contributed by atoms with Crippen LogP contribution in [0.25, 0.3) is 0 Å². The van der Waals surface area contributed by atoms with Crippen molar-refractivity contribution in [1.82, 2.24) is 15.3 Å². The summed E-state index contributed by atoms with van der Waals surface area (Å²) >= 11 is 0. The van der Waals surface area contributed by atoms with Gasteiger partial charge in [0.25, 0.3) is 0 Å². The zero-order valence-electron chi connectivity index (χ0n) is 12.9. The molecule has 0 aliphatic carbocycles. The van der Waals surface area contributed by atoms with Crippen LogP contribution in [0.3, 0.4) is 0 Å². The number of aromatic nitrogens is 2. The molecule has 0 aliphatic heterocycles. The maximum Gasteiger partial charge on any atom is 0.220 e. The van der Waals surface area contributed by atoms with E-state index in [9.17, 15) is 4.79 Å². The summed E-state index contributed by atoms with van der Waals surface area (Å²) < 4.78 is 0. The lowest BCUT2D eigenvalue weighted by molar-refractivity contribution is -0.121. The molecular weight excluding hydrogens is 262 g/mol. The van der Waals surface area contributed by atoms with Gasteiger partial charge in [0, 0.05) is 18.8 Å². The van der Waals surface area contributed by atoms with Crippen LogP contribution in [-0.4, -0.2) is 15.9 Å². The van der Waals surface area contributed by atoms with E-state index < -0.39 is 0 Å². The van der Waals surface area contributed by atoms with Crippen LogP contribution in [0.2, 0.25) is 0 Å². The quantitative estimate of drug-likeness (QED) is 0.887. The zero-order chi connectivity index (χ0) is 15.3. The fraction of sp³-hybridized carbons (Fsp3) is 0.412. The molecule has 2 N–H and O–H groups in total. The van der Waals surface area contributed by atoms with Crippen LogP contribution >= 0.6 is 0 Å². The van der Waals surface area contributed by atoms with E-state index in [2.05, 4.69) is 60.3 Å². The van der Waals surface area contributed by atoms with Crippen molar-refractivity contribution in [3.8, 4) is 0 Å². The second-order valence-electron chi connectivity index (χ2n) is 6.26. The predicted molar refractivity (Wildman–Crippen MR) is 83.9 cm³/mol. The molecule has 0 bridgehead atoms. The van der Waals surface area contributed by atoms with Gasteiger partial charge in [0.05, 0.1) is 6.54 Å². The highest BCUT2D eigenvalue weighted by Gasteiger charge is 2.12. The maximum absolute atomic E-state index is 11.8. The fourth-order valence-corrected chi connectivity index (χ4v) is 2.09. The Morgan fingerprint density at radius 1 is 1.24 bits per heavy atom. The topological polar surface area (TPSA) is 57.8 Å². The van der Waals surface area contributed by atoms with Gasteiger partial charge in [-0.2, -0.15) is 0 Å². The Balaban J connectivity index is 1.78. The van der Waals surface area contributed by atoms with E-state index >= 15 is 0 Å². The average molecular weight is 285 g/mol. The molecule has 0 saturated heterocycles. The molecule has 2 rings (SSSR count). The number of rotatable bonds is 5. The van der Waals surface area contributed by atoms with Crippen molar-refractivity contribution in [3.63, 3.8) is 0 Å². The van der Waals surface area contributed by atoms with E-state index in [-0.39, 0.29) is 11.3 Å². The number of amides is 1. The summed E-state index contributed by atoms with van der Waals surface area (Å²) in [6.45, 7) is 7.05. The van der Waals surface area contributed by atoms with E-state index in [4.69, 9.17) is 0 Å². The number of H-pyrrole nitrogens is 1. The summed E-state index contributed by atoms with van der Waals surface area (Å²) in [5.41, 5.74) is 2.67. The molecule has 21 heavy (non-hydrogen) atoms. The number of carbonyl (C=O) groups excluding carboxylic acids is 1. The van der Waals surface area contributed by atoms with E-state index in [0.29, 0.717) is 13.0 Å². The maximum atomic E-state index is 11.8. The highest BCUT2D eigenvalue weighted by molar-refractivity contribution is 5.76. The molecule has 4 heteroatoms. The lowest BCUT2D eigenvalue weighted by atomic mass is 9.86. The minimum atomic E-state index is 0.0475. The minimum absolute atomic E-state index is 0.0475. The van der Waals surface area contributed by atoms with E-state index in [1.807, 2.05) is 0 Å². The van der Waals surface area contributed by atoms with Crippen molar-refractivity contribution in [3.05, 3.63) is 53.6 Å². The van der Waals surface area contributed by atoms with Crippen molar-refractivity contribution in [2.45, 2.75) is 45.6 Å². The predicted octanol–water partition coefficient (Wildman–Crippen LogP) is 2.96. The fourth-order valence-electron chi connectivity index (χ4n) is 2.09. The molecule has 0 radical (unpaired) electrons. The lowest BCUT2D eigenvalue weighted by Crippen LogP contribution is -2.23. The number of hydrogen-bond acceptors (Lipinski definition) is 2. The van der Waals surface area contributed by atoms with Crippen LogP contribution < -0.4 is 5.32 Å².